The van der Waals surface area contributed by atoms with Crippen molar-refractivity contribution in [2.75, 3.05) is 21.7 Å². The summed E-state index contributed by atoms with van der Waals surface area (Å²) in [6.45, 7) is 0. The molecule has 174 valence electrons. The molecule has 0 amide bonds. The molecule has 5 aromatic rings. The molecule has 4 N–H and O–H groups in total. The van der Waals surface area contributed by atoms with E-state index in [4.69, 9.17) is 5.11 Å². The Morgan fingerprint density at radius 3 is 1.83 bits per heavy atom. The lowest BCUT2D eigenvalue weighted by atomic mass is 10.3. The number of hydrogen-bond acceptors (Lipinski definition) is 10. The fourth-order valence-corrected chi connectivity index (χ4v) is 4.97. The predicted molar refractivity (Wildman–Crippen MR) is 141 cm³/mol. The average Bonchev–Trinajstić information content (AvgIpc) is 3.26. The number of thioether (sulfide) groups is 1. The summed E-state index contributed by atoms with van der Waals surface area (Å²) in [4.78, 5) is 28.9. The monoisotopic (exact) mass is 501 g/mol. The van der Waals surface area contributed by atoms with Gasteiger partial charge in [-0.25, -0.2) is 4.98 Å². The van der Waals surface area contributed by atoms with Crippen molar-refractivity contribution in [3.63, 3.8) is 0 Å². The van der Waals surface area contributed by atoms with Crippen molar-refractivity contribution < 1.29 is 9.90 Å². The summed E-state index contributed by atoms with van der Waals surface area (Å²) in [5, 5.41) is 18.6. The number of benzene rings is 3. The maximum Gasteiger partial charge on any atom is 0.313 e. The van der Waals surface area contributed by atoms with Gasteiger partial charge >= 0.3 is 5.97 Å². The van der Waals surface area contributed by atoms with Crippen LogP contribution in [-0.2, 0) is 4.79 Å². The standard InChI is InChI=1S/C24H19N7O2S2/c32-20(33)14-34-24-28-18-12-11-17(13-19(18)35-24)27-23-30-21(25-15-7-3-1-4-8-15)29-22(31-23)26-16-9-5-2-6-10-16/h1-13H,14H2,(H,32,33)(H3,25,26,27,29,30,31). The quantitative estimate of drug-likeness (QED) is 0.182. The van der Waals surface area contributed by atoms with E-state index in [0.29, 0.717) is 22.2 Å². The molecule has 0 radical (unpaired) electrons. The molecule has 35 heavy (non-hydrogen) atoms. The molecule has 2 heterocycles. The first-order chi connectivity index (χ1) is 17.1. The second kappa shape index (κ2) is 10.4. The van der Waals surface area contributed by atoms with Crippen LogP contribution >= 0.6 is 23.1 Å². The summed E-state index contributed by atoms with van der Waals surface area (Å²) in [7, 11) is 0. The third-order valence-electron chi connectivity index (χ3n) is 4.64. The summed E-state index contributed by atoms with van der Waals surface area (Å²) < 4.78 is 1.64. The van der Waals surface area contributed by atoms with Gasteiger partial charge in [0, 0.05) is 17.1 Å². The first kappa shape index (κ1) is 22.6. The Bertz CT molecular complexity index is 1400. The predicted octanol–water partition coefficient (Wildman–Crippen LogP) is 5.89. The Morgan fingerprint density at radius 2 is 1.29 bits per heavy atom. The van der Waals surface area contributed by atoms with Crippen molar-refractivity contribution in [3.8, 4) is 0 Å². The Kier molecular flexibility index (Phi) is 6.68. The molecule has 0 saturated carbocycles. The minimum Gasteiger partial charge on any atom is -0.481 e. The highest BCUT2D eigenvalue weighted by Crippen LogP contribution is 2.32. The van der Waals surface area contributed by atoms with Gasteiger partial charge in [0.25, 0.3) is 0 Å². The SMILES string of the molecule is O=C(O)CSc1nc2ccc(Nc3nc(Nc4ccccc4)nc(Nc4ccccc4)n3)cc2s1. The summed E-state index contributed by atoms with van der Waals surface area (Å²) in [5.41, 5.74) is 3.29. The first-order valence-electron chi connectivity index (χ1n) is 10.5. The zero-order valence-corrected chi connectivity index (χ0v) is 19.8. The molecule has 0 saturated heterocycles. The number of nitrogens with one attached hydrogen (secondary N) is 3. The van der Waals surface area contributed by atoms with Gasteiger partial charge in [-0.2, -0.15) is 15.0 Å². The molecular weight excluding hydrogens is 482 g/mol. The van der Waals surface area contributed by atoms with E-state index in [2.05, 4.69) is 35.9 Å². The lowest BCUT2D eigenvalue weighted by molar-refractivity contribution is -0.133. The van der Waals surface area contributed by atoms with E-state index < -0.39 is 5.97 Å². The van der Waals surface area contributed by atoms with Crippen LogP contribution in [0.5, 0.6) is 0 Å². The van der Waals surface area contributed by atoms with Crippen LogP contribution in [0.15, 0.2) is 83.2 Å². The zero-order valence-electron chi connectivity index (χ0n) is 18.2. The van der Waals surface area contributed by atoms with Crippen LogP contribution in [0.25, 0.3) is 10.2 Å². The van der Waals surface area contributed by atoms with Crippen molar-refractivity contribution >= 4 is 74.2 Å². The van der Waals surface area contributed by atoms with Crippen LogP contribution in [0.2, 0.25) is 0 Å². The van der Waals surface area contributed by atoms with Gasteiger partial charge in [0.15, 0.2) is 4.34 Å². The minimum absolute atomic E-state index is 0.0236. The summed E-state index contributed by atoms with van der Waals surface area (Å²) >= 11 is 2.65. The van der Waals surface area contributed by atoms with Gasteiger partial charge in [-0.05, 0) is 42.5 Å². The molecule has 0 aliphatic heterocycles. The molecule has 3 aromatic carbocycles. The van der Waals surface area contributed by atoms with Crippen molar-refractivity contribution in [1.82, 2.24) is 19.9 Å². The molecule has 9 nitrogen and oxygen atoms in total. The molecular formula is C24H19N7O2S2. The van der Waals surface area contributed by atoms with E-state index in [0.717, 1.165) is 27.3 Å². The van der Waals surface area contributed by atoms with Crippen molar-refractivity contribution in [1.29, 1.82) is 0 Å². The number of fused-ring (bicyclic) bond motifs is 1. The Hall–Kier alpha value is -4.22. The van der Waals surface area contributed by atoms with Gasteiger partial charge in [0.2, 0.25) is 17.8 Å². The highest BCUT2D eigenvalue weighted by molar-refractivity contribution is 8.01. The number of aliphatic carboxylic acids is 1. The Morgan fingerprint density at radius 1 is 0.743 bits per heavy atom. The van der Waals surface area contributed by atoms with Crippen LogP contribution < -0.4 is 16.0 Å². The number of carbonyl (C=O) groups is 1. The van der Waals surface area contributed by atoms with E-state index >= 15 is 0 Å². The van der Waals surface area contributed by atoms with Gasteiger partial charge in [-0.3, -0.25) is 4.79 Å². The number of nitrogens with zero attached hydrogens (tertiary/aromatic N) is 4. The van der Waals surface area contributed by atoms with Gasteiger partial charge in [0.05, 0.1) is 16.0 Å². The molecule has 11 heteroatoms. The van der Waals surface area contributed by atoms with Gasteiger partial charge in [-0.1, -0.05) is 48.2 Å². The number of para-hydroxylation sites is 2. The number of aromatic nitrogens is 4. The van der Waals surface area contributed by atoms with Crippen LogP contribution in [0, 0.1) is 0 Å². The van der Waals surface area contributed by atoms with Gasteiger partial charge < -0.3 is 21.1 Å². The normalized spacial score (nSPS) is 10.7. The maximum absolute atomic E-state index is 10.8. The number of anilines is 6. The molecule has 2 aromatic heterocycles. The van der Waals surface area contributed by atoms with E-state index in [1.165, 1.54) is 23.1 Å². The third-order valence-corrected chi connectivity index (χ3v) is 6.79. The lowest BCUT2D eigenvalue weighted by Gasteiger charge is -2.11. The minimum atomic E-state index is -0.869. The highest BCUT2D eigenvalue weighted by atomic mass is 32.2. The van der Waals surface area contributed by atoms with Crippen molar-refractivity contribution in [3.05, 3.63) is 78.9 Å². The van der Waals surface area contributed by atoms with Crippen LogP contribution in [0.1, 0.15) is 0 Å². The topological polar surface area (TPSA) is 125 Å². The smallest absolute Gasteiger partial charge is 0.313 e. The molecule has 5 rings (SSSR count). The largest absolute Gasteiger partial charge is 0.481 e. The average molecular weight is 502 g/mol. The fraction of sp³-hybridized carbons (Fsp3) is 0.0417. The van der Waals surface area contributed by atoms with Gasteiger partial charge in [0.1, 0.15) is 0 Å². The van der Waals surface area contributed by atoms with Crippen LogP contribution in [0.4, 0.5) is 34.9 Å². The molecule has 0 spiro atoms. The fourth-order valence-electron chi connectivity index (χ4n) is 3.14. The summed E-state index contributed by atoms with van der Waals surface area (Å²) in [6.07, 6.45) is 0. The van der Waals surface area contributed by atoms with E-state index in [1.807, 2.05) is 78.9 Å². The summed E-state index contributed by atoms with van der Waals surface area (Å²) in [5.74, 6) is 0.244. The van der Waals surface area contributed by atoms with Crippen molar-refractivity contribution in [2.45, 2.75) is 4.34 Å². The lowest BCUT2D eigenvalue weighted by Crippen LogP contribution is -2.07. The number of rotatable bonds is 9. The molecule has 0 unspecified atom stereocenters. The second-order valence-corrected chi connectivity index (χ2v) is 9.51. The molecule has 0 fully saturated rings. The molecule has 0 aliphatic carbocycles. The second-order valence-electron chi connectivity index (χ2n) is 7.26. The van der Waals surface area contributed by atoms with Gasteiger partial charge in [-0.15, -0.1) is 11.3 Å². The first-order valence-corrected chi connectivity index (χ1v) is 12.3. The van der Waals surface area contributed by atoms with Crippen LogP contribution in [-0.4, -0.2) is 36.8 Å². The molecule has 0 atom stereocenters. The number of carboxylic acid groups (broad SMARTS) is 1. The highest BCUT2D eigenvalue weighted by Gasteiger charge is 2.11. The molecule has 0 aliphatic rings. The van der Waals surface area contributed by atoms with E-state index in [9.17, 15) is 4.79 Å². The molecule has 0 bridgehead atoms. The van der Waals surface area contributed by atoms with E-state index in [-0.39, 0.29) is 5.75 Å². The maximum atomic E-state index is 10.8. The summed E-state index contributed by atoms with van der Waals surface area (Å²) in [6, 6.07) is 25.0. The number of carboxylic acids is 1. The Balaban J connectivity index is 1.42. The van der Waals surface area contributed by atoms with E-state index in [1.54, 1.807) is 0 Å². The number of thiazole rings is 1. The van der Waals surface area contributed by atoms with Crippen molar-refractivity contribution in [2.24, 2.45) is 0 Å². The Labute approximate surface area is 208 Å². The third kappa shape index (κ3) is 6.02. The number of hydrogen-bond donors (Lipinski definition) is 4. The zero-order chi connectivity index (χ0) is 24.0. The van der Waals surface area contributed by atoms with Crippen LogP contribution in [0.3, 0.4) is 0 Å².